The van der Waals surface area contributed by atoms with Crippen LogP contribution in [-0.2, 0) is 10.8 Å². The number of benzene rings is 3. The average molecular weight is 497 g/mol. The first-order valence-electron chi connectivity index (χ1n) is 13.7. The van der Waals surface area contributed by atoms with Crippen molar-refractivity contribution in [3.63, 3.8) is 0 Å². The molecule has 0 bridgehead atoms. The first-order valence-corrected chi connectivity index (χ1v) is 14.5. The first kappa shape index (κ1) is 24.0. The minimum Gasteiger partial charge on any atom is -0.320 e. The molecule has 0 N–H and O–H groups in total. The van der Waals surface area contributed by atoms with E-state index in [0.717, 1.165) is 6.67 Å². The van der Waals surface area contributed by atoms with Gasteiger partial charge in [0.15, 0.2) is 0 Å². The lowest BCUT2D eigenvalue weighted by Gasteiger charge is -2.44. The summed E-state index contributed by atoms with van der Waals surface area (Å²) >= 11 is 2.01. The van der Waals surface area contributed by atoms with Crippen LogP contribution in [0.4, 0.5) is 22.7 Å². The average Bonchev–Trinajstić information content (AvgIpc) is 3.22. The van der Waals surface area contributed by atoms with Gasteiger partial charge in [-0.15, -0.1) is 0 Å². The van der Waals surface area contributed by atoms with Gasteiger partial charge in [0, 0.05) is 15.5 Å². The number of nitrogens with zero attached hydrogens (tertiary/aromatic N) is 2. The van der Waals surface area contributed by atoms with Gasteiger partial charge >= 0.3 is 0 Å². The van der Waals surface area contributed by atoms with E-state index in [4.69, 9.17) is 0 Å². The lowest BCUT2D eigenvalue weighted by Crippen LogP contribution is -2.35. The second-order valence-corrected chi connectivity index (χ2v) is 14.0. The third-order valence-corrected chi connectivity index (χ3v) is 10.0. The molecule has 0 spiro atoms. The van der Waals surface area contributed by atoms with E-state index in [1.165, 1.54) is 56.5 Å². The molecule has 2 nitrogen and oxygen atoms in total. The second kappa shape index (κ2) is 8.05. The lowest BCUT2D eigenvalue weighted by atomic mass is 9.63. The van der Waals surface area contributed by atoms with Crippen LogP contribution in [0.2, 0.25) is 0 Å². The molecule has 0 fully saturated rings. The van der Waals surface area contributed by atoms with Gasteiger partial charge in [-0.3, -0.25) is 0 Å². The van der Waals surface area contributed by atoms with E-state index >= 15 is 0 Å². The summed E-state index contributed by atoms with van der Waals surface area (Å²) in [6, 6.07) is 18.7. The monoisotopic (exact) mass is 496 g/mol. The van der Waals surface area contributed by atoms with Crippen molar-refractivity contribution in [2.24, 2.45) is 0 Å². The predicted molar refractivity (Wildman–Crippen MR) is 156 cm³/mol. The van der Waals surface area contributed by atoms with Crippen molar-refractivity contribution >= 4 is 34.5 Å². The molecular formula is C33H40N2S. The van der Waals surface area contributed by atoms with Crippen LogP contribution >= 0.6 is 11.8 Å². The van der Waals surface area contributed by atoms with Crippen molar-refractivity contribution < 1.29 is 0 Å². The van der Waals surface area contributed by atoms with E-state index in [9.17, 15) is 0 Å². The molecule has 3 aromatic carbocycles. The molecule has 0 radical (unpaired) electrons. The number of para-hydroxylation sites is 2. The normalized spacial score (nSPS) is 18.9. The molecular weight excluding hydrogens is 456 g/mol. The Balaban J connectivity index is 1.56. The molecule has 0 saturated heterocycles. The maximum absolute atomic E-state index is 2.61. The fraction of sp³-hybridized carbons (Fsp3) is 0.455. The van der Waals surface area contributed by atoms with Gasteiger partial charge in [-0.2, -0.15) is 0 Å². The quantitative estimate of drug-likeness (QED) is 0.356. The molecule has 6 rings (SSSR count). The summed E-state index contributed by atoms with van der Waals surface area (Å²) in [6.07, 6.45) is 2.49. The van der Waals surface area contributed by atoms with Crippen molar-refractivity contribution in [1.82, 2.24) is 0 Å². The van der Waals surface area contributed by atoms with Crippen LogP contribution in [0, 0.1) is 0 Å². The fourth-order valence-corrected chi connectivity index (χ4v) is 8.15. The van der Waals surface area contributed by atoms with Crippen molar-refractivity contribution in [2.45, 2.75) is 101 Å². The Kier molecular flexibility index (Phi) is 5.36. The van der Waals surface area contributed by atoms with Gasteiger partial charge in [0.25, 0.3) is 0 Å². The first-order chi connectivity index (χ1) is 17.0. The van der Waals surface area contributed by atoms with Gasteiger partial charge in [-0.25, -0.2) is 0 Å². The molecule has 3 aromatic rings. The van der Waals surface area contributed by atoms with Crippen LogP contribution in [0.15, 0.2) is 58.3 Å². The zero-order valence-corrected chi connectivity index (χ0v) is 24.0. The van der Waals surface area contributed by atoms with E-state index in [1.807, 2.05) is 11.8 Å². The summed E-state index contributed by atoms with van der Waals surface area (Å²) in [7, 11) is 0. The van der Waals surface area contributed by atoms with Crippen LogP contribution in [0.1, 0.15) is 102 Å². The maximum atomic E-state index is 2.61. The fourth-order valence-electron chi connectivity index (χ4n) is 6.70. The Morgan fingerprint density at radius 1 is 0.694 bits per heavy atom. The largest absolute Gasteiger partial charge is 0.320 e. The minimum absolute atomic E-state index is 0.187. The Morgan fingerprint density at radius 2 is 1.31 bits per heavy atom. The van der Waals surface area contributed by atoms with Crippen molar-refractivity contribution in [3.05, 3.63) is 70.8 Å². The molecule has 188 valence electrons. The van der Waals surface area contributed by atoms with Crippen molar-refractivity contribution in [2.75, 3.05) is 16.5 Å². The summed E-state index contributed by atoms with van der Waals surface area (Å²) in [5, 5.41) is 0. The number of fused-ring (bicyclic) bond motifs is 4. The molecule has 2 heterocycles. The van der Waals surface area contributed by atoms with Gasteiger partial charge in [-0.05, 0) is 76.0 Å². The molecule has 3 heteroatoms. The Labute approximate surface area is 222 Å². The SMILES string of the molecule is CC(C)c1cccc(C(C)C)c1N1CN2c3ccc4c(c3Sc3cccc1c32)C(C)(C)CCC4(C)C. The van der Waals surface area contributed by atoms with E-state index in [-0.39, 0.29) is 10.8 Å². The Morgan fingerprint density at radius 3 is 1.97 bits per heavy atom. The van der Waals surface area contributed by atoms with E-state index in [1.54, 1.807) is 11.1 Å². The minimum atomic E-state index is 0.187. The standard InChI is InChI=1S/C33H40N2S/c1-20(2)22-11-9-12-23(21(3)4)29(22)34-19-35-26-16-15-24-28(33(7,8)18-17-32(24,5)6)31(26)36-27-14-10-13-25(34)30(27)35/h9-16,20-21H,17-19H2,1-8H3. The highest BCUT2D eigenvalue weighted by molar-refractivity contribution is 7.99. The number of rotatable bonds is 3. The van der Waals surface area contributed by atoms with Crippen LogP contribution in [0.5, 0.6) is 0 Å². The van der Waals surface area contributed by atoms with E-state index in [0.29, 0.717) is 11.8 Å². The number of hydrogen-bond donors (Lipinski definition) is 0. The third kappa shape index (κ3) is 3.38. The summed E-state index contributed by atoms with van der Waals surface area (Å²) in [6.45, 7) is 19.9. The lowest BCUT2D eigenvalue weighted by molar-refractivity contribution is 0.327. The molecule has 2 aliphatic heterocycles. The van der Waals surface area contributed by atoms with Crippen LogP contribution < -0.4 is 9.80 Å². The molecule has 36 heavy (non-hydrogen) atoms. The highest BCUT2D eigenvalue weighted by Gasteiger charge is 2.43. The molecule has 3 aliphatic rings. The van der Waals surface area contributed by atoms with Gasteiger partial charge < -0.3 is 9.80 Å². The van der Waals surface area contributed by atoms with Gasteiger partial charge in [0.05, 0.1) is 17.1 Å². The Hall–Kier alpha value is -2.39. The number of anilines is 4. The van der Waals surface area contributed by atoms with Crippen molar-refractivity contribution in [1.29, 1.82) is 0 Å². The zero-order chi connectivity index (χ0) is 25.6. The summed E-state index contributed by atoms with van der Waals surface area (Å²) in [5.41, 5.74) is 12.0. The summed E-state index contributed by atoms with van der Waals surface area (Å²) in [5.74, 6) is 0.947. The van der Waals surface area contributed by atoms with Gasteiger partial charge in [0.2, 0.25) is 0 Å². The van der Waals surface area contributed by atoms with Crippen LogP contribution in [0.25, 0.3) is 0 Å². The van der Waals surface area contributed by atoms with Gasteiger partial charge in [-0.1, -0.05) is 97.5 Å². The molecule has 0 amide bonds. The van der Waals surface area contributed by atoms with Crippen LogP contribution in [-0.4, -0.2) is 6.67 Å². The van der Waals surface area contributed by atoms with E-state index < -0.39 is 0 Å². The Bertz CT molecular complexity index is 1340. The highest BCUT2D eigenvalue weighted by Crippen LogP contribution is 2.61. The maximum Gasteiger partial charge on any atom is 0.100 e. The molecule has 1 aliphatic carbocycles. The predicted octanol–water partition coefficient (Wildman–Crippen LogP) is 9.99. The molecule has 0 unspecified atom stereocenters. The second-order valence-electron chi connectivity index (χ2n) is 12.9. The molecule has 0 aromatic heterocycles. The molecule has 0 saturated carbocycles. The zero-order valence-electron chi connectivity index (χ0n) is 23.2. The molecule has 0 atom stereocenters. The summed E-state index contributed by atoms with van der Waals surface area (Å²) in [4.78, 5) is 8.09. The smallest absolute Gasteiger partial charge is 0.100 e. The number of hydrogen-bond acceptors (Lipinski definition) is 3. The van der Waals surface area contributed by atoms with Gasteiger partial charge in [0.1, 0.15) is 6.67 Å². The topological polar surface area (TPSA) is 6.48 Å². The third-order valence-electron chi connectivity index (χ3n) is 8.85. The van der Waals surface area contributed by atoms with E-state index in [2.05, 4.69) is 114 Å². The van der Waals surface area contributed by atoms with Crippen LogP contribution in [0.3, 0.4) is 0 Å². The highest BCUT2D eigenvalue weighted by atomic mass is 32.2. The van der Waals surface area contributed by atoms with Crippen molar-refractivity contribution in [3.8, 4) is 0 Å². The summed E-state index contributed by atoms with van der Waals surface area (Å²) < 4.78 is 0.